The van der Waals surface area contributed by atoms with Crippen molar-refractivity contribution in [3.8, 4) is 0 Å². The molecular formula is C13H15FN2O3. The molecule has 6 heteroatoms. The normalized spacial score (nSPS) is 11.7. The Morgan fingerprint density at radius 2 is 2.26 bits per heavy atom. The summed E-state index contributed by atoms with van der Waals surface area (Å²) in [5.41, 5.74) is 0.0195. The van der Waals surface area contributed by atoms with Crippen LogP contribution in [0.15, 0.2) is 22.6 Å². The zero-order chi connectivity index (χ0) is 14.0. The molecule has 0 amide bonds. The summed E-state index contributed by atoms with van der Waals surface area (Å²) < 4.78 is 18.8. The summed E-state index contributed by atoms with van der Waals surface area (Å²) >= 11 is 0. The molecule has 0 aliphatic heterocycles. The lowest BCUT2D eigenvalue weighted by Gasteiger charge is -2.24. The largest absolute Gasteiger partial charge is 0.481 e. The van der Waals surface area contributed by atoms with Gasteiger partial charge < -0.3 is 14.8 Å². The van der Waals surface area contributed by atoms with Crippen LogP contribution in [-0.4, -0.2) is 21.6 Å². The number of nitrogens with one attached hydrogen (secondary N) is 1. The number of carboxylic acids is 1. The molecule has 0 fully saturated rings. The Morgan fingerprint density at radius 1 is 1.53 bits per heavy atom. The summed E-state index contributed by atoms with van der Waals surface area (Å²) in [5.74, 6) is -1.31. The predicted molar refractivity (Wildman–Crippen MR) is 68.5 cm³/mol. The van der Waals surface area contributed by atoms with Gasteiger partial charge >= 0.3 is 5.97 Å². The van der Waals surface area contributed by atoms with Crippen LogP contribution in [0.3, 0.4) is 0 Å². The minimum absolute atomic E-state index is 0.0363. The predicted octanol–water partition coefficient (Wildman–Crippen LogP) is 3.02. The van der Waals surface area contributed by atoms with E-state index in [9.17, 15) is 9.18 Å². The summed E-state index contributed by atoms with van der Waals surface area (Å²) in [6.07, 6.45) is 0.443. The van der Waals surface area contributed by atoms with Gasteiger partial charge in [0.15, 0.2) is 11.4 Å². The molecular weight excluding hydrogens is 251 g/mol. The summed E-state index contributed by atoms with van der Waals surface area (Å²) in [4.78, 5) is 14.6. The first-order valence-electron chi connectivity index (χ1n) is 5.92. The number of benzene rings is 1. The molecule has 0 radical (unpaired) electrons. The van der Waals surface area contributed by atoms with E-state index in [0.29, 0.717) is 12.0 Å². The van der Waals surface area contributed by atoms with Gasteiger partial charge in [-0.3, -0.25) is 4.79 Å². The van der Waals surface area contributed by atoms with E-state index >= 15 is 0 Å². The molecule has 1 aromatic carbocycles. The molecule has 0 aliphatic rings. The molecule has 0 atom stereocenters. The van der Waals surface area contributed by atoms with Crippen molar-refractivity contribution in [3.05, 3.63) is 24.0 Å². The standard InChI is InChI=1S/C13H15FN2O3/c1-13(2,7-6-10(17)18)16-12-15-11-8(14)4-3-5-9(11)19-12/h3-5H,6-7H2,1-2H3,(H,15,16)(H,17,18). The van der Waals surface area contributed by atoms with E-state index < -0.39 is 17.3 Å². The van der Waals surface area contributed by atoms with Crippen molar-refractivity contribution in [2.24, 2.45) is 0 Å². The van der Waals surface area contributed by atoms with Crippen LogP contribution in [0, 0.1) is 5.82 Å². The fourth-order valence-corrected chi connectivity index (χ4v) is 1.74. The maximum Gasteiger partial charge on any atom is 0.303 e. The van der Waals surface area contributed by atoms with E-state index in [-0.39, 0.29) is 18.0 Å². The average Bonchev–Trinajstić information content (AvgIpc) is 2.70. The van der Waals surface area contributed by atoms with Crippen molar-refractivity contribution in [1.82, 2.24) is 4.98 Å². The molecule has 2 N–H and O–H groups in total. The van der Waals surface area contributed by atoms with Crippen LogP contribution in [-0.2, 0) is 4.79 Å². The van der Waals surface area contributed by atoms with Crippen molar-refractivity contribution < 1.29 is 18.7 Å². The third-order valence-electron chi connectivity index (χ3n) is 2.78. The summed E-state index contributed by atoms with van der Waals surface area (Å²) in [7, 11) is 0. The van der Waals surface area contributed by atoms with Crippen molar-refractivity contribution >= 4 is 23.1 Å². The van der Waals surface area contributed by atoms with Crippen LogP contribution >= 0.6 is 0 Å². The number of para-hydroxylation sites is 1. The molecule has 0 spiro atoms. The highest BCUT2D eigenvalue weighted by molar-refractivity contribution is 5.75. The number of hydrogen-bond donors (Lipinski definition) is 2. The molecule has 2 aromatic rings. The monoisotopic (exact) mass is 266 g/mol. The Kier molecular flexibility index (Phi) is 3.42. The minimum atomic E-state index is -0.863. The average molecular weight is 266 g/mol. The smallest absolute Gasteiger partial charge is 0.303 e. The number of fused-ring (bicyclic) bond motifs is 1. The molecule has 5 nitrogen and oxygen atoms in total. The highest BCUT2D eigenvalue weighted by atomic mass is 19.1. The van der Waals surface area contributed by atoms with Gasteiger partial charge in [-0.2, -0.15) is 4.98 Å². The number of rotatable bonds is 5. The molecule has 0 saturated heterocycles. The van der Waals surface area contributed by atoms with Gasteiger partial charge in [-0.25, -0.2) is 4.39 Å². The lowest BCUT2D eigenvalue weighted by Crippen LogP contribution is -2.31. The van der Waals surface area contributed by atoms with E-state index in [1.165, 1.54) is 6.07 Å². The molecule has 2 rings (SSSR count). The number of nitrogens with zero attached hydrogens (tertiary/aromatic N) is 1. The molecule has 0 unspecified atom stereocenters. The Balaban J connectivity index is 2.16. The third-order valence-corrected chi connectivity index (χ3v) is 2.78. The molecule has 0 aliphatic carbocycles. The Labute approximate surface area is 109 Å². The van der Waals surface area contributed by atoms with Crippen LogP contribution < -0.4 is 5.32 Å². The number of aromatic nitrogens is 1. The quantitative estimate of drug-likeness (QED) is 0.870. The highest BCUT2D eigenvalue weighted by Gasteiger charge is 2.21. The van der Waals surface area contributed by atoms with Gasteiger partial charge in [0.1, 0.15) is 5.52 Å². The molecule has 1 heterocycles. The number of halogens is 1. The van der Waals surface area contributed by atoms with E-state index in [4.69, 9.17) is 9.52 Å². The Hall–Kier alpha value is -2.11. The first-order valence-corrected chi connectivity index (χ1v) is 5.92. The third kappa shape index (κ3) is 3.21. The number of carbonyl (C=O) groups is 1. The van der Waals surface area contributed by atoms with Gasteiger partial charge in [0.05, 0.1) is 0 Å². The highest BCUT2D eigenvalue weighted by Crippen LogP contribution is 2.24. The first-order chi connectivity index (χ1) is 8.87. The van der Waals surface area contributed by atoms with Crippen molar-refractivity contribution in [2.75, 3.05) is 5.32 Å². The van der Waals surface area contributed by atoms with Crippen molar-refractivity contribution in [1.29, 1.82) is 0 Å². The first kappa shape index (κ1) is 13.3. The molecule has 0 saturated carbocycles. The zero-order valence-electron chi connectivity index (χ0n) is 10.7. The lowest BCUT2D eigenvalue weighted by molar-refractivity contribution is -0.137. The second-order valence-corrected chi connectivity index (χ2v) is 5.01. The summed E-state index contributed by atoms with van der Waals surface area (Å²) in [5, 5.41) is 11.7. The van der Waals surface area contributed by atoms with Gasteiger partial charge in [-0.05, 0) is 32.4 Å². The van der Waals surface area contributed by atoms with Crippen LogP contribution in [0.4, 0.5) is 10.4 Å². The Morgan fingerprint density at radius 3 is 2.89 bits per heavy atom. The van der Waals surface area contributed by atoms with Gasteiger partial charge in [0.2, 0.25) is 0 Å². The molecule has 102 valence electrons. The summed E-state index contributed by atoms with van der Waals surface area (Å²) in [6, 6.07) is 4.67. The van der Waals surface area contributed by atoms with Gasteiger partial charge in [-0.15, -0.1) is 0 Å². The number of aliphatic carboxylic acids is 1. The number of hydrogen-bond acceptors (Lipinski definition) is 4. The van der Waals surface area contributed by atoms with Crippen LogP contribution in [0.1, 0.15) is 26.7 Å². The van der Waals surface area contributed by atoms with Crippen LogP contribution in [0.25, 0.3) is 11.1 Å². The van der Waals surface area contributed by atoms with E-state index in [0.717, 1.165) is 0 Å². The molecule has 19 heavy (non-hydrogen) atoms. The zero-order valence-corrected chi connectivity index (χ0v) is 10.7. The van der Waals surface area contributed by atoms with E-state index in [2.05, 4.69) is 10.3 Å². The molecule has 0 bridgehead atoms. The SMILES string of the molecule is CC(C)(CCC(=O)O)Nc1nc2c(F)cccc2o1. The number of carboxylic acid groups (broad SMARTS) is 1. The number of anilines is 1. The second-order valence-electron chi connectivity index (χ2n) is 5.01. The van der Waals surface area contributed by atoms with Crippen LogP contribution in [0.2, 0.25) is 0 Å². The van der Waals surface area contributed by atoms with Crippen LogP contribution in [0.5, 0.6) is 0 Å². The fourth-order valence-electron chi connectivity index (χ4n) is 1.74. The minimum Gasteiger partial charge on any atom is -0.481 e. The maximum atomic E-state index is 13.5. The summed E-state index contributed by atoms with van der Waals surface area (Å²) in [6.45, 7) is 3.67. The van der Waals surface area contributed by atoms with Gasteiger partial charge in [0.25, 0.3) is 6.01 Å². The van der Waals surface area contributed by atoms with Crippen molar-refractivity contribution in [3.63, 3.8) is 0 Å². The maximum absolute atomic E-state index is 13.5. The lowest BCUT2D eigenvalue weighted by atomic mass is 9.99. The second kappa shape index (κ2) is 4.87. The molecule has 1 aromatic heterocycles. The fraction of sp³-hybridized carbons (Fsp3) is 0.385. The van der Waals surface area contributed by atoms with E-state index in [1.54, 1.807) is 12.1 Å². The van der Waals surface area contributed by atoms with Gasteiger partial charge in [0, 0.05) is 12.0 Å². The topological polar surface area (TPSA) is 75.4 Å². The number of oxazole rings is 1. The van der Waals surface area contributed by atoms with Gasteiger partial charge in [-0.1, -0.05) is 6.07 Å². The Bertz CT molecular complexity index is 607. The van der Waals surface area contributed by atoms with Crippen molar-refractivity contribution in [2.45, 2.75) is 32.2 Å². The van der Waals surface area contributed by atoms with E-state index in [1.807, 2.05) is 13.8 Å².